The summed E-state index contributed by atoms with van der Waals surface area (Å²) in [6.45, 7) is 4.35. The molecule has 2 aromatic carbocycles. The summed E-state index contributed by atoms with van der Waals surface area (Å²) in [4.78, 5) is 33.1. The van der Waals surface area contributed by atoms with E-state index in [2.05, 4.69) is 25.8 Å². The maximum absolute atomic E-state index is 13.8. The van der Waals surface area contributed by atoms with E-state index in [0.29, 0.717) is 25.3 Å². The molecule has 1 fully saturated rings. The number of rotatable bonds is 6. The maximum atomic E-state index is 13.8. The van der Waals surface area contributed by atoms with Gasteiger partial charge in [-0.1, -0.05) is 18.2 Å². The molecule has 1 unspecified atom stereocenters. The second-order valence-electron chi connectivity index (χ2n) is 8.62. The van der Waals surface area contributed by atoms with E-state index in [0.717, 1.165) is 41.7 Å². The molecule has 3 aromatic rings. The lowest BCUT2D eigenvalue weighted by atomic mass is 10.1. The van der Waals surface area contributed by atoms with Gasteiger partial charge < -0.3 is 20.9 Å². The second kappa shape index (κ2) is 10.6. The summed E-state index contributed by atoms with van der Waals surface area (Å²) in [6.07, 6.45) is 0.754. The van der Waals surface area contributed by atoms with Crippen LogP contribution in [0.4, 0.5) is 29.7 Å². The van der Waals surface area contributed by atoms with E-state index in [-0.39, 0.29) is 17.8 Å². The Morgan fingerprint density at radius 3 is 2.71 bits per heavy atom. The van der Waals surface area contributed by atoms with Crippen LogP contribution >= 0.6 is 0 Å². The first kappa shape index (κ1) is 24.3. The lowest BCUT2D eigenvalue weighted by Gasteiger charge is -2.25. The molecule has 1 saturated heterocycles. The van der Waals surface area contributed by atoms with Crippen LogP contribution in [0, 0.1) is 18.6 Å². The number of anilines is 2. The van der Waals surface area contributed by atoms with E-state index in [1.165, 1.54) is 11.0 Å². The molecule has 10 heteroatoms. The quantitative estimate of drug-likeness (QED) is 0.492. The van der Waals surface area contributed by atoms with Gasteiger partial charge in [-0.3, -0.25) is 9.88 Å². The van der Waals surface area contributed by atoms with E-state index in [1.54, 1.807) is 7.05 Å². The van der Waals surface area contributed by atoms with Crippen molar-refractivity contribution in [2.45, 2.75) is 19.4 Å². The topological polar surface area (TPSA) is 89.6 Å². The third kappa shape index (κ3) is 6.02. The number of nitrogens with one attached hydrogen (secondary N) is 3. The molecule has 35 heavy (non-hydrogen) atoms. The predicted octanol–water partition coefficient (Wildman–Crippen LogP) is 4.18. The first-order chi connectivity index (χ1) is 16.8. The Bertz CT molecular complexity index is 1240. The summed E-state index contributed by atoms with van der Waals surface area (Å²) >= 11 is 0. The third-order valence-corrected chi connectivity index (χ3v) is 6.09. The zero-order valence-corrected chi connectivity index (χ0v) is 19.6. The second-order valence-corrected chi connectivity index (χ2v) is 8.62. The van der Waals surface area contributed by atoms with E-state index >= 15 is 0 Å². The minimum absolute atomic E-state index is 0.0569. The number of amides is 4. The van der Waals surface area contributed by atoms with Crippen LogP contribution in [0.15, 0.2) is 48.5 Å². The molecule has 0 radical (unpaired) electrons. The van der Waals surface area contributed by atoms with Gasteiger partial charge in [-0.05, 0) is 37.6 Å². The van der Waals surface area contributed by atoms with Gasteiger partial charge in [-0.15, -0.1) is 0 Å². The molecule has 184 valence electrons. The molecule has 4 amide bonds. The summed E-state index contributed by atoms with van der Waals surface area (Å²) in [5.41, 5.74) is 2.28. The van der Waals surface area contributed by atoms with Crippen LogP contribution in [0.3, 0.4) is 0 Å². The SMILES string of the molecule is Cc1cc(NC(=O)NCCN2CCC(N(C)C(=O)Nc3ccc(F)cc3F)C2)c2ccccc2n1. The van der Waals surface area contributed by atoms with Crippen molar-refractivity contribution < 1.29 is 18.4 Å². The predicted molar refractivity (Wildman–Crippen MR) is 131 cm³/mol. The average molecular weight is 483 g/mol. The van der Waals surface area contributed by atoms with E-state index in [4.69, 9.17) is 0 Å². The summed E-state index contributed by atoms with van der Waals surface area (Å²) in [5.74, 6) is -1.52. The third-order valence-electron chi connectivity index (χ3n) is 6.09. The number of carbonyl (C=O) groups is 2. The van der Waals surface area contributed by atoms with Crippen molar-refractivity contribution in [3.63, 3.8) is 0 Å². The Morgan fingerprint density at radius 2 is 1.91 bits per heavy atom. The molecule has 4 rings (SSSR count). The van der Waals surface area contributed by atoms with Crippen LogP contribution in [-0.2, 0) is 0 Å². The molecule has 3 N–H and O–H groups in total. The average Bonchev–Trinajstić information content (AvgIpc) is 3.29. The van der Waals surface area contributed by atoms with Gasteiger partial charge in [0, 0.05) is 56.4 Å². The summed E-state index contributed by atoms with van der Waals surface area (Å²) in [5, 5.41) is 9.13. The zero-order chi connectivity index (χ0) is 24.9. The van der Waals surface area contributed by atoms with Crippen molar-refractivity contribution in [3.05, 3.63) is 65.9 Å². The number of hydrogen-bond donors (Lipinski definition) is 3. The van der Waals surface area contributed by atoms with Crippen LogP contribution in [-0.4, -0.2) is 66.1 Å². The Labute approximate surface area is 202 Å². The molecular formula is C25H28F2N6O2. The molecule has 1 aliphatic rings. The molecule has 0 bridgehead atoms. The molecular weight excluding hydrogens is 454 g/mol. The number of likely N-dealkylation sites (N-methyl/N-ethyl adjacent to an activating group) is 1. The number of pyridine rings is 1. The van der Waals surface area contributed by atoms with Gasteiger partial charge in [0.2, 0.25) is 0 Å². The monoisotopic (exact) mass is 482 g/mol. The fourth-order valence-electron chi connectivity index (χ4n) is 4.20. The number of halogens is 2. The van der Waals surface area contributed by atoms with Crippen molar-refractivity contribution in [1.29, 1.82) is 0 Å². The molecule has 8 nitrogen and oxygen atoms in total. The fraction of sp³-hybridized carbons (Fsp3) is 0.320. The lowest BCUT2D eigenvalue weighted by Crippen LogP contribution is -2.42. The number of fused-ring (bicyclic) bond motifs is 1. The molecule has 1 aromatic heterocycles. The van der Waals surface area contributed by atoms with Gasteiger partial charge in [0.1, 0.15) is 11.6 Å². The number of carbonyl (C=O) groups excluding carboxylic acids is 2. The Balaban J connectivity index is 1.23. The number of urea groups is 2. The van der Waals surface area contributed by atoms with Gasteiger partial charge in [0.15, 0.2) is 0 Å². The van der Waals surface area contributed by atoms with Crippen LogP contribution in [0.2, 0.25) is 0 Å². The zero-order valence-electron chi connectivity index (χ0n) is 19.6. The first-order valence-corrected chi connectivity index (χ1v) is 11.4. The smallest absolute Gasteiger partial charge is 0.321 e. The highest BCUT2D eigenvalue weighted by molar-refractivity contribution is 6.00. The van der Waals surface area contributed by atoms with Crippen molar-refractivity contribution in [2.24, 2.45) is 0 Å². The van der Waals surface area contributed by atoms with Crippen LogP contribution in [0.1, 0.15) is 12.1 Å². The highest BCUT2D eigenvalue weighted by Crippen LogP contribution is 2.23. The Hall–Kier alpha value is -3.79. The van der Waals surface area contributed by atoms with Gasteiger partial charge in [-0.25, -0.2) is 18.4 Å². The van der Waals surface area contributed by atoms with Crippen LogP contribution in [0.5, 0.6) is 0 Å². The standard InChI is InChI=1S/C25H28F2N6O2/c1-16-13-23(19-5-3-4-6-21(19)29-16)30-24(34)28-10-12-33-11-9-18(15-33)32(2)25(35)31-22-8-7-17(26)14-20(22)27/h3-8,13-14,18H,9-12,15H2,1-2H3,(H,31,35)(H2,28,29,30,34). The summed E-state index contributed by atoms with van der Waals surface area (Å²) < 4.78 is 26.9. The minimum Gasteiger partial charge on any atom is -0.337 e. The Morgan fingerprint density at radius 1 is 1.11 bits per heavy atom. The normalized spacial score (nSPS) is 15.7. The minimum atomic E-state index is -0.820. The van der Waals surface area contributed by atoms with E-state index in [9.17, 15) is 18.4 Å². The molecule has 0 saturated carbocycles. The number of nitrogens with zero attached hydrogens (tertiary/aromatic N) is 3. The number of benzene rings is 2. The lowest BCUT2D eigenvalue weighted by molar-refractivity contribution is 0.202. The molecule has 1 aliphatic heterocycles. The highest BCUT2D eigenvalue weighted by atomic mass is 19.1. The van der Waals surface area contributed by atoms with Gasteiger partial charge in [-0.2, -0.15) is 0 Å². The summed E-state index contributed by atoms with van der Waals surface area (Å²) in [6, 6.07) is 11.7. The Kier molecular flexibility index (Phi) is 7.40. The van der Waals surface area contributed by atoms with E-state index in [1.807, 2.05) is 37.3 Å². The maximum Gasteiger partial charge on any atom is 0.321 e. The van der Waals surface area contributed by atoms with Gasteiger partial charge in [0.25, 0.3) is 0 Å². The van der Waals surface area contributed by atoms with Gasteiger partial charge in [0.05, 0.1) is 16.9 Å². The summed E-state index contributed by atoms with van der Waals surface area (Å²) in [7, 11) is 1.65. The number of para-hydroxylation sites is 1. The molecule has 2 heterocycles. The number of likely N-dealkylation sites (tertiary alicyclic amines) is 1. The van der Waals surface area contributed by atoms with Crippen LogP contribution < -0.4 is 16.0 Å². The number of aromatic nitrogens is 1. The molecule has 0 spiro atoms. The van der Waals surface area contributed by atoms with Crippen molar-refractivity contribution >= 4 is 34.3 Å². The fourth-order valence-corrected chi connectivity index (χ4v) is 4.20. The highest BCUT2D eigenvalue weighted by Gasteiger charge is 2.28. The largest absolute Gasteiger partial charge is 0.337 e. The van der Waals surface area contributed by atoms with E-state index < -0.39 is 17.7 Å². The first-order valence-electron chi connectivity index (χ1n) is 11.4. The number of aryl methyl sites for hydroxylation is 1. The van der Waals surface area contributed by atoms with Crippen molar-refractivity contribution in [2.75, 3.05) is 43.9 Å². The van der Waals surface area contributed by atoms with Crippen molar-refractivity contribution in [3.8, 4) is 0 Å². The van der Waals surface area contributed by atoms with Crippen LogP contribution in [0.25, 0.3) is 10.9 Å². The van der Waals surface area contributed by atoms with Crippen molar-refractivity contribution in [1.82, 2.24) is 20.1 Å². The molecule has 1 atom stereocenters. The number of hydrogen-bond acceptors (Lipinski definition) is 4. The molecule has 0 aliphatic carbocycles. The van der Waals surface area contributed by atoms with Gasteiger partial charge >= 0.3 is 12.1 Å².